The van der Waals surface area contributed by atoms with Crippen LogP contribution in [0.15, 0.2) is 30.6 Å². The first kappa shape index (κ1) is 23.9. The molecule has 1 aromatic heterocycles. The molecular formula is C23H24ClF3N4O4. The average Bonchev–Trinajstić information content (AvgIpc) is 3.22. The van der Waals surface area contributed by atoms with Gasteiger partial charge in [0.25, 0.3) is 5.91 Å². The zero-order valence-corrected chi connectivity index (χ0v) is 19.8. The molecule has 3 fully saturated rings. The molecule has 6 rings (SSSR count). The van der Waals surface area contributed by atoms with Crippen molar-refractivity contribution in [2.75, 3.05) is 18.6 Å². The molecule has 2 bridgehead atoms. The van der Waals surface area contributed by atoms with Crippen molar-refractivity contribution in [2.24, 2.45) is 0 Å². The Morgan fingerprint density at radius 1 is 1.40 bits per heavy atom. The maximum absolute atomic E-state index is 12.9. The molecule has 2 aromatic rings. The Morgan fingerprint density at radius 3 is 2.80 bits per heavy atom. The molecule has 35 heavy (non-hydrogen) atoms. The highest BCUT2D eigenvalue weighted by molar-refractivity contribution is 6.31. The van der Waals surface area contributed by atoms with E-state index in [0.717, 1.165) is 0 Å². The number of anilines is 1. The summed E-state index contributed by atoms with van der Waals surface area (Å²) in [6, 6.07) is 4.23. The molecular weight excluding hydrogens is 489 g/mol. The number of rotatable bonds is 7. The van der Waals surface area contributed by atoms with Gasteiger partial charge in [0.2, 0.25) is 0 Å². The van der Waals surface area contributed by atoms with Crippen LogP contribution in [0.25, 0.3) is 0 Å². The number of halogens is 4. The summed E-state index contributed by atoms with van der Waals surface area (Å²) in [6.07, 6.45) is -0.169. The van der Waals surface area contributed by atoms with Crippen LogP contribution in [0.5, 0.6) is 5.75 Å². The summed E-state index contributed by atoms with van der Waals surface area (Å²) in [4.78, 5) is 27.0. The van der Waals surface area contributed by atoms with Crippen LogP contribution in [0.3, 0.4) is 0 Å². The quantitative estimate of drug-likeness (QED) is 0.609. The molecule has 0 radical (unpaired) electrons. The highest BCUT2D eigenvalue weighted by atomic mass is 35.5. The number of nitrogens with zero attached hydrogens (tertiary/aromatic N) is 3. The number of likely N-dealkylation sites (N-methyl/N-ethyl adjacent to an activating group) is 1. The van der Waals surface area contributed by atoms with Crippen LogP contribution in [0.1, 0.15) is 43.0 Å². The summed E-state index contributed by atoms with van der Waals surface area (Å²) in [7, 11) is 1.69. The molecule has 3 saturated carbocycles. The number of aromatic nitrogens is 2. The van der Waals surface area contributed by atoms with Crippen LogP contribution >= 0.6 is 11.6 Å². The normalized spacial score (nSPS) is 27.7. The number of fused-ring (bicyclic) bond motifs is 1. The SMILES string of the molecule is C[C@H](COC(F)(F)F)N(C)c1cnn(C23CC(NC(=O)[C@H]4CC(=O)c5cc(Cl)ccc5O4)(C2)C3)c1. The minimum Gasteiger partial charge on any atom is -0.479 e. The van der Waals surface area contributed by atoms with Gasteiger partial charge in [-0.15, -0.1) is 13.2 Å². The van der Waals surface area contributed by atoms with Crippen molar-refractivity contribution >= 4 is 29.0 Å². The predicted octanol–water partition coefficient (Wildman–Crippen LogP) is 3.68. The summed E-state index contributed by atoms with van der Waals surface area (Å²) in [5.41, 5.74) is 0.462. The lowest BCUT2D eigenvalue weighted by Crippen LogP contribution is -2.79. The fourth-order valence-electron chi connectivity index (χ4n) is 5.23. The van der Waals surface area contributed by atoms with Crippen LogP contribution in [-0.4, -0.2) is 59.2 Å². The second kappa shape index (κ2) is 8.12. The van der Waals surface area contributed by atoms with Crippen LogP contribution in [0, 0.1) is 0 Å². The number of nitrogens with one attached hydrogen (secondary N) is 1. The minimum absolute atomic E-state index is 0.0501. The van der Waals surface area contributed by atoms with Crippen molar-refractivity contribution in [1.82, 2.24) is 15.1 Å². The third kappa shape index (κ3) is 4.35. The van der Waals surface area contributed by atoms with E-state index >= 15 is 0 Å². The molecule has 1 N–H and O–H groups in total. The number of ether oxygens (including phenoxy) is 2. The molecule has 1 aromatic carbocycles. The van der Waals surface area contributed by atoms with E-state index in [9.17, 15) is 22.8 Å². The Labute approximate surface area is 204 Å². The Hall–Kier alpha value is -2.79. The fourth-order valence-corrected chi connectivity index (χ4v) is 5.40. The van der Waals surface area contributed by atoms with Gasteiger partial charge in [-0.1, -0.05) is 11.6 Å². The molecule has 3 aliphatic carbocycles. The van der Waals surface area contributed by atoms with Gasteiger partial charge < -0.3 is 15.0 Å². The number of ketones is 1. The molecule has 0 spiro atoms. The second-order valence-corrected chi connectivity index (χ2v) is 10.2. The number of hydrogen-bond acceptors (Lipinski definition) is 6. The molecule has 4 aliphatic rings. The lowest BCUT2D eigenvalue weighted by Gasteiger charge is -2.70. The number of carbonyl (C=O) groups is 2. The first-order valence-electron chi connectivity index (χ1n) is 11.2. The van der Waals surface area contributed by atoms with Gasteiger partial charge in [0.1, 0.15) is 5.75 Å². The average molecular weight is 513 g/mol. The summed E-state index contributed by atoms with van der Waals surface area (Å²) >= 11 is 5.94. The number of amides is 1. The van der Waals surface area contributed by atoms with Crippen molar-refractivity contribution in [1.29, 1.82) is 0 Å². The highest BCUT2D eigenvalue weighted by Crippen LogP contribution is 2.65. The second-order valence-electron chi connectivity index (χ2n) is 9.76. The van der Waals surface area contributed by atoms with Crippen LogP contribution < -0.4 is 15.0 Å². The van der Waals surface area contributed by atoms with Crippen molar-refractivity contribution < 1.29 is 32.2 Å². The van der Waals surface area contributed by atoms with Gasteiger partial charge in [-0.2, -0.15) is 5.10 Å². The molecule has 0 unspecified atom stereocenters. The van der Waals surface area contributed by atoms with Crippen LogP contribution in [0.4, 0.5) is 18.9 Å². The molecule has 0 saturated heterocycles. The van der Waals surface area contributed by atoms with Gasteiger partial charge in [-0.25, -0.2) is 0 Å². The van der Waals surface area contributed by atoms with E-state index in [4.69, 9.17) is 16.3 Å². The standard InChI is InChI=1S/C23H24ClF3N4O4/c1-13(9-34-23(25,26)27)30(2)15-7-28-31(8-15)22-10-21(11-22,12-22)29-20(33)19-6-17(32)16-5-14(24)3-4-18(16)35-19/h3-5,7-8,13,19H,6,9-12H2,1-2H3,(H,29,33)/t13-,19-,21?,22?/m1/s1. The lowest BCUT2D eigenvalue weighted by atomic mass is 9.44. The van der Waals surface area contributed by atoms with E-state index in [2.05, 4.69) is 15.2 Å². The maximum atomic E-state index is 12.9. The van der Waals surface area contributed by atoms with E-state index in [1.165, 1.54) is 6.07 Å². The number of hydrogen-bond donors (Lipinski definition) is 1. The summed E-state index contributed by atoms with van der Waals surface area (Å²) < 4.78 is 48.5. The van der Waals surface area contributed by atoms with E-state index in [-0.39, 0.29) is 29.2 Å². The van der Waals surface area contributed by atoms with Gasteiger partial charge in [-0.05, 0) is 44.4 Å². The Kier molecular flexibility index (Phi) is 5.55. The van der Waals surface area contributed by atoms with E-state index in [1.807, 2.05) is 4.68 Å². The minimum atomic E-state index is -4.67. The summed E-state index contributed by atoms with van der Waals surface area (Å²) in [5.74, 6) is -0.166. The number of alkyl halides is 3. The number of carbonyl (C=O) groups excluding carboxylic acids is 2. The molecule has 1 aliphatic heterocycles. The zero-order chi connectivity index (χ0) is 25.2. The van der Waals surface area contributed by atoms with Gasteiger partial charge in [0.05, 0.1) is 36.0 Å². The number of benzene rings is 1. The predicted molar refractivity (Wildman–Crippen MR) is 120 cm³/mol. The van der Waals surface area contributed by atoms with E-state index < -0.39 is 25.1 Å². The highest BCUT2D eigenvalue weighted by Gasteiger charge is 2.70. The van der Waals surface area contributed by atoms with E-state index in [1.54, 1.807) is 43.4 Å². The largest absolute Gasteiger partial charge is 0.522 e. The Bertz CT molecular complexity index is 1160. The Morgan fingerprint density at radius 2 is 2.11 bits per heavy atom. The third-order valence-electron chi connectivity index (χ3n) is 7.18. The van der Waals surface area contributed by atoms with Gasteiger partial charge >= 0.3 is 6.36 Å². The number of Topliss-reactive ketones (excluding diaryl/α,β-unsaturated/α-hetero) is 1. The van der Waals surface area contributed by atoms with Crippen molar-refractivity contribution in [3.8, 4) is 5.75 Å². The molecule has 2 heterocycles. The molecule has 188 valence electrons. The smallest absolute Gasteiger partial charge is 0.479 e. The zero-order valence-electron chi connectivity index (χ0n) is 19.1. The van der Waals surface area contributed by atoms with Crippen molar-refractivity contribution in [3.63, 3.8) is 0 Å². The summed E-state index contributed by atoms with van der Waals surface area (Å²) in [5, 5.41) is 7.90. The fraction of sp³-hybridized carbons (Fsp3) is 0.522. The van der Waals surface area contributed by atoms with Crippen LogP contribution in [-0.2, 0) is 15.1 Å². The summed E-state index contributed by atoms with van der Waals surface area (Å²) in [6.45, 7) is 1.15. The maximum Gasteiger partial charge on any atom is 0.522 e. The van der Waals surface area contributed by atoms with Crippen molar-refractivity contribution in [2.45, 2.75) is 62.2 Å². The van der Waals surface area contributed by atoms with Gasteiger partial charge in [0.15, 0.2) is 11.9 Å². The Balaban J connectivity index is 1.16. The molecule has 1 amide bonds. The molecule has 2 atom stereocenters. The molecule has 12 heteroatoms. The first-order chi connectivity index (χ1) is 16.4. The lowest BCUT2D eigenvalue weighted by molar-refractivity contribution is -0.325. The monoisotopic (exact) mass is 512 g/mol. The molecule has 8 nitrogen and oxygen atoms in total. The van der Waals surface area contributed by atoms with Gasteiger partial charge in [-0.3, -0.25) is 19.0 Å². The van der Waals surface area contributed by atoms with Crippen LogP contribution in [0.2, 0.25) is 5.02 Å². The topological polar surface area (TPSA) is 85.7 Å². The third-order valence-corrected chi connectivity index (χ3v) is 7.41. The van der Waals surface area contributed by atoms with Gasteiger partial charge in [0, 0.05) is 29.8 Å². The van der Waals surface area contributed by atoms with E-state index in [0.29, 0.717) is 41.3 Å². The first-order valence-corrected chi connectivity index (χ1v) is 11.6. The van der Waals surface area contributed by atoms with Crippen molar-refractivity contribution in [3.05, 3.63) is 41.2 Å².